The van der Waals surface area contributed by atoms with Gasteiger partial charge >= 0.3 is 22.3 Å². The van der Waals surface area contributed by atoms with Crippen molar-refractivity contribution in [2.75, 3.05) is 11.1 Å². The van der Waals surface area contributed by atoms with Crippen LogP contribution in [0.15, 0.2) is 48.5 Å². The molecule has 1 unspecified atom stereocenters. The molecule has 0 aliphatic heterocycles. The van der Waals surface area contributed by atoms with Crippen molar-refractivity contribution in [3.8, 4) is 5.75 Å². The van der Waals surface area contributed by atoms with Crippen LogP contribution in [-0.2, 0) is 22.8 Å². The zero-order valence-corrected chi connectivity index (χ0v) is 18.3. The minimum atomic E-state index is -4.60. The molecule has 0 aromatic heterocycles. The van der Waals surface area contributed by atoms with E-state index in [1.165, 1.54) is 42.2 Å². The Bertz CT molecular complexity index is 992. The Morgan fingerprint density at radius 3 is 2.26 bits per heavy atom. The van der Waals surface area contributed by atoms with Gasteiger partial charge in [0.1, 0.15) is 5.75 Å². The highest BCUT2D eigenvalue weighted by atomic mass is 32.2. The van der Waals surface area contributed by atoms with Crippen LogP contribution < -0.4 is 9.50 Å². The van der Waals surface area contributed by atoms with Crippen molar-refractivity contribution in [1.82, 2.24) is 4.90 Å². The van der Waals surface area contributed by atoms with Gasteiger partial charge in [0.15, 0.2) is 0 Å². The molecule has 1 atom stereocenters. The summed E-state index contributed by atoms with van der Waals surface area (Å²) in [6.45, 7) is 5.24. The van der Waals surface area contributed by atoms with Gasteiger partial charge in [-0.05, 0) is 50.1 Å². The molecule has 2 amide bonds. The largest absolute Gasteiger partial charge is 0.418 e. The fraction of sp³-hybridized carbons (Fsp3) is 0.381. The van der Waals surface area contributed by atoms with Crippen LogP contribution in [0.5, 0.6) is 5.75 Å². The van der Waals surface area contributed by atoms with Gasteiger partial charge in [0.05, 0.1) is 17.0 Å². The number of alkyl halides is 3. The third-order valence-corrected chi connectivity index (χ3v) is 5.86. The maximum absolute atomic E-state index is 13.2. The zero-order chi connectivity index (χ0) is 23.2. The van der Waals surface area contributed by atoms with Crippen molar-refractivity contribution in [2.24, 2.45) is 0 Å². The average Bonchev–Trinajstić information content (AvgIpc) is 2.72. The smallest absolute Gasteiger partial charge is 0.382 e. The number of para-hydroxylation sites is 1. The van der Waals surface area contributed by atoms with E-state index in [0.29, 0.717) is 12.0 Å². The molecular weight excluding hydrogens is 433 g/mol. The second-order valence-corrected chi connectivity index (χ2v) is 8.79. The second-order valence-electron chi connectivity index (χ2n) is 6.93. The molecule has 0 radical (unpaired) electrons. The Balaban J connectivity index is 2.20. The van der Waals surface area contributed by atoms with Crippen LogP contribution in [0, 0.1) is 0 Å². The van der Waals surface area contributed by atoms with E-state index in [1.54, 1.807) is 19.1 Å². The fourth-order valence-corrected chi connectivity index (χ4v) is 3.25. The summed E-state index contributed by atoms with van der Waals surface area (Å²) in [5.74, 6) is -0.0277. The number of nitrogens with zero attached hydrogens (tertiary/aromatic N) is 1. The quantitative estimate of drug-likeness (QED) is 0.547. The monoisotopic (exact) mass is 458 g/mol. The van der Waals surface area contributed by atoms with E-state index < -0.39 is 27.9 Å². The fourth-order valence-electron chi connectivity index (χ4n) is 2.73. The molecule has 0 spiro atoms. The number of carbonyl (C=O) groups is 1. The molecule has 0 heterocycles. The summed E-state index contributed by atoms with van der Waals surface area (Å²) < 4.78 is 67.7. The molecule has 6 nitrogen and oxygen atoms in total. The van der Waals surface area contributed by atoms with Crippen molar-refractivity contribution in [3.05, 3.63) is 59.7 Å². The Kier molecular flexibility index (Phi) is 7.94. The first-order valence-electron chi connectivity index (χ1n) is 9.71. The molecular formula is C21H25F3N2O4S. The van der Waals surface area contributed by atoms with E-state index in [1.807, 2.05) is 6.92 Å². The molecule has 0 saturated carbocycles. The molecule has 0 aliphatic rings. The standard InChI is InChI=1S/C21H25F3N2O4S/c1-4-15(3)26(14-16-10-12-17(13-11-16)30-31(28,29)5-2)20(27)25-19-9-7-6-8-18(19)21(22,23)24/h6-13,15H,4-5,14H2,1-3H3,(H,25,27). The van der Waals surface area contributed by atoms with Gasteiger partial charge in [-0.3, -0.25) is 0 Å². The predicted octanol–water partition coefficient (Wildman–Crippen LogP) is 5.27. The van der Waals surface area contributed by atoms with Gasteiger partial charge < -0.3 is 14.4 Å². The van der Waals surface area contributed by atoms with Gasteiger partial charge in [-0.15, -0.1) is 0 Å². The molecule has 10 heteroatoms. The molecule has 2 aromatic rings. The molecule has 0 aliphatic carbocycles. The van der Waals surface area contributed by atoms with E-state index >= 15 is 0 Å². The first-order chi connectivity index (χ1) is 14.5. The first kappa shape index (κ1) is 24.5. The molecule has 2 rings (SSSR count). The van der Waals surface area contributed by atoms with Crippen LogP contribution in [0.25, 0.3) is 0 Å². The number of urea groups is 1. The Labute approximate surface area is 180 Å². The lowest BCUT2D eigenvalue weighted by atomic mass is 10.1. The number of amides is 2. The number of hydrogen-bond acceptors (Lipinski definition) is 4. The predicted molar refractivity (Wildman–Crippen MR) is 112 cm³/mol. The minimum Gasteiger partial charge on any atom is -0.382 e. The van der Waals surface area contributed by atoms with Crippen LogP contribution in [0.1, 0.15) is 38.3 Å². The Morgan fingerprint density at radius 1 is 1.10 bits per heavy atom. The van der Waals surface area contributed by atoms with Crippen LogP contribution in [0.4, 0.5) is 23.7 Å². The Morgan fingerprint density at radius 2 is 1.71 bits per heavy atom. The van der Waals surface area contributed by atoms with E-state index in [0.717, 1.165) is 6.07 Å². The highest BCUT2D eigenvalue weighted by Crippen LogP contribution is 2.34. The zero-order valence-electron chi connectivity index (χ0n) is 17.4. The second kappa shape index (κ2) is 10.0. The number of hydrogen-bond donors (Lipinski definition) is 1. The summed E-state index contributed by atoms with van der Waals surface area (Å²) in [7, 11) is -3.66. The molecule has 0 fully saturated rings. The Hall–Kier alpha value is -2.75. The maximum atomic E-state index is 13.2. The van der Waals surface area contributed by atoms with E-state index in [-0.39, 0.29) is 29.8 Å². The summed E-state index contributed by atoms with van der Waals surface area (Å²) in [5, 5.41) is 2.37. The normalized spacial score (nSPS) is 12.8. The van der Waals surface area contributed by atoms with Crippen molar-refractivity contribution in [2.45, 2.75) is 46.0 Å². The van der Waals surface area contributed by atoms with Crippen LogP contribution >= 0.6 is 0 Å². The lowest BCUT2D eigenvalue weighted by molar-refractivity contribution is -0.136. The van der Waals surface area contributed by atoms with Gasteiger partial charge in [0, 0.05) is 12.6 Å². The number of nitrogens with one attached hydrogen (secondary N) is 1. The highest BCUT2D eigenvalue weighted by Gasteiger charge is 2.34. The molecule has 170 valence electrons. The SMILES string of the molecule is CCC(C)N(Cc1ccc(OS(=O)(=O)CC)cc1)C(=O)Nc1ccccc1C(F)(F)F. The molecule has 0 bridgehead atoms. The van der Waals surface area contributed by atoms with E-state index in [2.05, 4.69) is 5.32 Å². The molecule has 1 N–H and O–H groups in total. The van der Waals surface area contributed by atoms with Gasteiger partial charge in [-0.25, -0.2) is 4.79 Å². The third-order valence-electron chi connectivity index (χ3n) is 4.71. The minimum absolute atomic E-state index is 0.121. The van der Waals surface area contributed by atoms with Crippen LogP contribution in [0.2, 0.25) is 0 Å². The van der Waals surface area contributed by atoms with Crippen LogP contribution in [-0.4, -0.2) is 31.1 Å². The lowest BCUT2D eigenvalue weighted by Crippen LogP contribution is -2.41. The number of rotatable bonds is 8. The van der Waals surface area contributed by atoms with Crippen molar-refractivity contribution < 1.29 is 30.6 Å². The average molecular weight is 459 g/mol. The van der Waals surface area contributed by atoms with Crippen LogP contribution in [0.3, 0.4) is 0 Å². The van der Waals surface area contributed by atoms with E-state index in [9.17, 15) is 26.4 Å². The van der Waals surface area contributed by atoms with Gasteiger partial charge in [-0.1, -0.05) is 31.2 Å². The number of halogens is 3. The summed E-state index contributed by atoms with van der Waals surface area (Å²) in [4.78, 5) is 14.3. The van der Waals surface area contributed by atoms with Crippen molar-refractivity contribution in [1.29, 1.82) is 0 Å². The maximum Gasteiger partial charge on any atom is 0.418 e. The van der Waals surface area contributed by atoms with Gasteiger partial charge in [-0.2, -0.15) is 21.6 Å². The number of carbonyl (C=O) groups excluding carboxylic acids is 1. The van der Waals surface area contributed by atoms with E-state index in [4.69, 9.17) is 4.18 Å². The lowest BCUT2D eigenvalue weighted by Gasteiger charge is -2.29. The van der Waals surface area contributed by atoms with Gasteiger partial charge in [0.2, 0.25) is 0 Å². The summed E-state index contributed by atoms with van der Waals surface area (Å²) in [5.41, 5.74) is -0.575. The summed E-state index contributed by atoms with van der Waals surface area (Å²) >= 11 is 0. The van der Waals surface area contributed by atoms with Crippen molar-refractivity contribution in [3.63, 3.8) is 0 Å². The summed E-state index contributed by atoms with van der Waals surface area (Å²) in [6.07, 6.45) is -4.01. The molecule has 31 heavy (non-hydrogen) atoms. The topological polar surface area (TPSA) is 75.7 Å². The molecule has 0 saturated heterocycles. The third kappa shape index (κ3) is 6.88. The number of benzene rings is 2. The van der Waals surface area contributed by atoms with Crippen molar-refractivity contribution >= 4 is 21.8 Å². The first-order valence-corrected chi connectivity index (χ1v) is 11.3. The summed E-state index contributed by atoms with van der Waals surface area (Å²) in [6, 6.07) is 10.0. The van der Waals surface area contributed by atoms with Gasteiger partial charge in [0.25, 0.3) is 0 Å². The highest BCUT2D eigenvalue weighted by molar-refractivity contribution is 7.87. The molecule has 2 aromatic carbocycles. The number of anilines is 1.